The summed E-state index contributed by atoms with van der Waals surface area (Å²) >= 11 is 0. The molecule has 1 fully saturated rings. The molecule has 0 saturated carbocycles. The second-order valence-corrected chi connectivity index (χ2v) is 5.10. The SMILES string of the molecule is CCc1nn(C)c(C(=O)N2CCC(CCO)C2)c1N. The smallest absolute Gasteiger partial charge is 0.274 e. The molecule has 2 rings (SSSR count). The highest BCUT2D eigenvalue weighted by molar-refractivity contribution is 5.98. The third-order valence-electron chi connectivity index (χ3n) is 3.81. The van der Waals surface area contributed by atoms with E-state index in [2.05, 4.69) is 5.10 Å². The molecule has 1 aliphatic heterocycles. The van der Waals surface area contributed by atoms with E-state index in [-0.39, 0.29) is 12.5 Å². The molecule has 0 bridgehead atoms. The van der Waals surface area contributed by atoms with Gasteiger partial charge in [-0.25, -0.2) is 0 Å². The third kappa shape index (κ3) is 2.58. The summed E-state index contributed by atoms with van der Waals surface area (Å²) < 4.78 is 1.58. The minimum Gasteiger partial charge on any atom is -0.396 e. The van der Waals surface area contributed by atoms with E-state index in [1.54, 1.807) is 11.7 Å². The van der Waals surface area contributed by atoms with Gasteiger partial charge in [-0.15, -0.1) is 0 Å². The van der Waals surface area contributed by atoms with Crippen molar-refractivity contribution in [3.05, 3.63) is 11.4 Å². The second kappa shape index (κ2) is 5.61. The zero-order valence-electron chi connectivity index (χ0n) is 11.6. The molecule has 1 atom stereocenters. The Hall–Kier alpha value is -1.56. The van der Waals surface area contributed by atoms with Crippen LogP contribution < -0.4 is 5.73 Å². The van der Waals surface area contributed by atoms with Gasteiger partial charge in [0.05, 0.1) is 11.4 Å². The molecule has 1 aromatic rings. The summed E-state index contributed by atoms with van der Waals surface area (Å²) in [5, 5.41) is 13.2. The predicted molar refractivity (Wildman–Crippen MR) is 72.7 cm³/mol. The molecule has 106 valence electrons. The van der Waals surface area contributed by atoms with E-state index in [0.29, 0.717) is 23.8 Å². The molecule has 0 aromatic carbocycles. The monoisotopic (exact) mass is 266 g/mol. The number of nitrogens with zero attached hydrogens (tertiary/aromatic N) is 3. The second-order valence-electron chi connectivity index (χ2n) is 5.10. The third-order valence-corrected chi connectivity index (χ3v) is 3.81. The Labute approximate surface area is 113 Å². The molecular formula is C13H22N4O2. The van der Waals surface area contributed by atoms with Crippen molar-refractivity contribution in [1.82, 2.24) is 14.7 Å². The molecule has 1 unspecified atom stereocenters. The van der Waals surface area contributed by atoms with Crippen LogP contribution >= 0.6 is 0 Å². The lowest BCUT2D eigenvalue weighted by molar-refractivity contribution is 0.0775. The Kier molecular flexibility index (Phi) is 4.09. The topological polar surface area (TPSA) is 84.4 Å². The van der Waals surface area contributed by atoms with Crippen LogP contribution in [0.1, 0.15) is 35.9 Å². The number of carbonyl (C=O) groups is 1. The first-order chi connectivity index (χ1) is 9.08. The molecule has 0 radical (unpaired) electrons. The van der Waals surface area contributed by atoms with Gasteiger partial charge in [0.25, 0.3) is 5.91 Å². The van der Waals surface area contributed by atoms with Crippen LogP contribution in [0, 0.1) is 5.92 Å². The van der Waals surface area contributed by atoms with Gasteiger partial charge in [0.2, 0.25) is 0 Å². The van der Waals surface area contributed by atoms with Crippen molar-refractivity contribution >= 4 is 11.6 Å². The summed E-state index contributed by atoms with van der Waals surface area (Å²) in [7, 11) is 1.75. The van der Waals surface area contributed by atoms with Crippen molar-refractivity contribution in [1.29, 1.82) is 0 Å². The Bertz CT molecular complexity index is 469. The van der Waals surface area contributed by atoms with Crippen molar-refractivity contribution < 1.29 is 9.90 Å². The lowest BCUT2D eigenvalue weighted by atomic mass is 10.1. The molecule has 6 heteroatoms. The van der Waals surface area contributed by atoms with Crippen LogP contribution in [0.25, 0.3) is 0 Å². The minimum atomic E-state index is -0.0485. The minimum absolute atomic E-state index is 0.0485. The van der Waals surface area contributed by atoms with E-state index in [4.69, 9.17) is 10.8 Å². The quantitative estimate of drug-likeness (QED) is 0.826. The summed E-state index contributed by atoms with van der Waals surface area (Å²) in [6.07, 6.45) is 2.43. The van der Waals surface area contributed by atoms with Gasteiger partial charge in [-0.2, -0.15) is 5.10 Å². The van der Waals surface area contributed by atoms with Crippen LogP contribution in [-0.2, 0) is 13.5 Å². The van der Waals surface area contributed by atoms with E-state index in [1.807, 2.05) is 11.8 Å². The van der Waals surface area contributed by atoms with Crippen molar-refractivity contribution in [2.24, 2.45) is 13.0 Å². The molecule has 2 heterocycles. The molecular weight excluding hydrogens is 244 g/mol. The summed E-state index contributed by atoms with van der Waals surface area (Å²) in [5.41, 5.74) is 7.77. The highest BCUT2D eigenvalue weighted by atomic mass is 16.3. The average Bonchev–Trinajstić information content (AvgIpc) is 2.94. The fraction of sp³-hybridized carbons (Fsp3) is 0.692. The fourth-order valence-corrected chi connectivity index (χ4v) is 2.70. The number of nitrogens with two attached hydrogens (primary N) is 1. The Balaban J connectivity index is 2.15. The molecule has 19 heavy (non-hydrogen) atoms. The number of nitrogen functional groups attached to an aromatic ring is 1. The lowest BCUT2D eigenvalue weighted by Gasteiger charge is -2.16. The zero-order valence-corrected chi connectivity index (χ0v) is 11.6. The van der Waals surface area contributed by atoms with Gasteiger partial charge >= 0.3 is 0 Å². The summed E-state index contributed by atoms with van der Waals surface area (Å²) in [5.74, 6) is 0.349. The van der Waals surface area contributed by atoms with Crippen molar-refractivity contribution in [2.45, 2.75) is 26.2 Å². The van der Waals surface area contributed by atoms with Crippen molar-refractivity contribution in [3.63, 3.8) is 0 Å². The number of anilines is 1. The van der Waals surface area contributed by atoms with Gasteiger partial charge in [0.15, 0.2) is 0 Å². The van der Waals surface area contributed by atoms with E-state index in [0.717, 1.165) is 31.5 Å². The molecule has 1 saturated heterocycles. The molecule has 3 N–H and O–H groups in total. The van der Waals surface area contributed by atoms with Gasteiger partial charge in [-0.3, -0.25) is 9.48 Å². The van der Waals surface area contributed by atoms with Crippen LogP contribution in [0.3, 0.4) is 0 Å². The maximum Gasteiger partial charge on any atom is 0.274 e. The Morgan fingerprint density at radius 2 is 2.32 bits per heavy atom. The van der Waals surface area contributed by atoms with Crippen molar-refractivity contribution in [3.8, 4) is 0 Å². The summed E-state index contributed by atoms with van der Waals surface area (Å²) in [6, 6.07) is 0. The number of hydrogen-bond acceptors (Lipinski definition) is 4. The molecule has 6 nitrogen and oxygen atoms in total. The number of aliphatic hydroxyl groups excluding tert-OH is 1. The highest BCUT2D eigenvalue weighted by Crippen LogP contribution is 2.24. The number of rotatable bonds is 4. The number of likely N-dealkylation sites (tertiary alicyclic amines) is 1. The molecule has 1 aliphatic rings. The van der Waals surface area contributed by atoms with Gasteiger partial charge in [0, 0.05) is 26.7 Å². The van der Waals surface area contributed by atoms with Gasteiger partial charge in [-0.05, 0) is 25.2 Å². The first-order valence-electron chi connectivity index (χ1n) is 6.79. The van der Waals surface area contributed by atoms with E-state index < -0.39 is 0 Å². The summed E-state index contributed by atoms with van der Waals surface area (Å²) in [6.45, 7) is 3.58. The maximum atomic E-state index is 12.5. The normalized spacial score (nSPS) is 19.1. The van der Waals surface area contributed by atoms with Crippen molar-refractivity contribution in [2.75, 3.05) is 25.4 Å². The fourth-order valence-electron chi connectivity index (χ4n) is 2.70. The van der Waals surface area contributed by atoms with Crippen LogP contribution in [0.4, 0.5) is 5.69 Å². The Morgan fingerprint density at radius 3 is 2.89 bits per heavy atom. The number of amides is 1. The maximum absolute atomic E-state index is 12.5. The van der Waals surface area contributed by atoms with E-state index in [9.17, 15) is 4.79 Å². The molecule has 1 aromatic heterocycles. The number of hydrogen-bond donors (Lipinski definition) is 2. The van der Waals surface area contributed by atoms with Crippen LogP contribution in [-0.4, -0.2) is 45.4 Å². The van der Waals surface area contributed by atoms with Crippen LogP contribution in [0.2, 0.25) is 0 Å². The summed E-state index contributed by atoms with van der Waals surface area (Å²) in [4.78, 5) is 14.3. The zero-order chi connectivity index (χ0) is 14.0. The van der Waals surface area contributed by atoms with E-state index >= 15 is 0 Å². The number of aliphatic hydroxyl groups is 1. The first kappa shape index (κ1) is 13.9. The molecule has 0 aliphatic carbocycles. The largest absolute Gasteiger partial charge is 0.396 e. The predicted octanol–water partition coefficient (Wildman–Crippen LogP) is 0.409. The lowest BCUT2D eigenvalue weighted by Crippen LogP contribution is -2.31. The van der Waals surface area contributed by atoms with Crippen LogP contribution in [0.15, 0.2) is 0 Å². The van der Waals surface area contributed by atoms with E-state index in [1.165, 1.54) is 0 Å². The van der Waals surface area contributed by atoms with Gasteiger partial charge in [0.1, 0.15) is 5.69 Å². The van der Waals surface area contributed by atoms with Gasteiger partial charge < -0.3 is 15.7 Å². The number of aryl methyl sites for hydroxylation is 2. The highest BCUT2D eigenvalue weighted by Gasteiger charge is 2.30. The first-order valence-corrected chi connectivity index (χ1v) is 6.79. The Morgan fingerprint density at radius 1 is 1.58 bits per heavy atom. The molecule has 1 amide bonds. The molecule has 0 spiro atoms. The van der Waals surface area contributed by atoms with Crippen LogP contribution in [0.5, 0.6) is 0 Å². The number of aromatic nitrogens is 2. The number of carbonyl (C=O) groups excluding carboxylic acids is 1. The standard InChI is InChI=1S/C13H22N4O2/c1-3-10-11(14)12(16(2)15-10)13(19)17-6-4-9(8-17)5-7-18/h9,18H,3-8,14H2,1-2H3. The average molecular weight is 266 g/mol. The van der Waals surface area contributed by atoms with Gasteiger partial charge in [-0.1, -0.05) is 6.92 Å².